The molecule has 0 spiro atoms. The Balaban J connectivity index is 1.57. The van der Waals surface area contributed by atoms with E-state index in [-0.39, 0.29) is 34.6 Å². The summed E-state index contributed by atoms with van der Waals surface area (Å²) < 4.78 is 47.4. The molecule has 1 aromatic carbocycles. The number of nitrogens with zero attached hydrogens (tertiary/aromatic N) is 5. The zero-order chi connectivity index (χ0) is 28.6. The Hall–Kier alpha value is -3.42. The number of alkyl halides is 3. The van der Waals surface area contributed by atoms with Crippen LogP contribution in [0.15, 0.2) is 29.1 Å². The lowest BCUT2D eigenvalue weighted by molar-refractivity contribution is -0.137. The predicted octanol–water partition coefficient (Wildman–Crippen LogP) is 3.37. The van der Waals surface area contributed by atoms with Gasteiger partial charge >= 0.3 is 6.18 Å². The molecule has 1 atom stereocenters. The second kappa shape index (κ2) is 11.2. The molecule has 10 nitrogen and oxygen atoms in total. The minimum Gasteiger partial charge on any atom is -0.377 e. The number of rotatable bonds is 7. The van der Waals surface area contributed by atoms with Gasteiger partial charge in [-0.25, -0.2) is 0 Å². The minimum absolute atomic E-state index is 0.0425. The van der Waals surface area contributed by atoms with E-state index in [1.807, 2.05) is 24.9 Å². The predicted molar refractivity (Wildman–Crippen MR) is 145 cm³/mol. The first-order valence-corrected chi connectivity index (χ1v) is 13.4. The van der Waals surface area contributed by atoms with Gasteiger partial charge in [0.25, 0.3) is 5.56 Å². The molecule has 0 bridgehead atoms. The number of hydrogen-bond acceptors (Lipinski definition) is 7. The number of fused-ring (bicyclic) bond motifs is 1. The number of halogens is 4. The first-order valence-electron chi connectivity index (χ1n) is 13.0. The first kappa shape index (κ1) is 28.1. The summed E-state index contributed by atoms with van der Waals surface area (Å²) in [6.07, 6.45) is -0.838. The summed E-state index contributed by atoms with van der Waals surface area (Å²) in [5.74, 6) is 0.0392. The third-order valence-electron chi connectivity index (χ3n) is 7.20. The summed E-state index contributed by atoms with van der Waals surface area (Å²) in [4.78, 5) is 33.7. The molecule has 1 unspecified atom stereocenters. The van der Waals surface area contributed by atoms with E-state index in [0.717, 1.165) is 30.2 Å². The number of likely N-dealkylation sites (N-methyl/N-ethyl adjacent to an activating group) is 1. The average Bonchev–Trinajstić information content (AvgIpc) is 3.59. The zero-order valence-electron chi connectivity index (χ0n) is 22.0. The second-order valence-corrected chi connectivity index (χ2v) is 10.1. The molecule has 0 radical (unpaired) electrons. The van der Waals surface area contributed by atoms with E-state index in [1.54, 1.807) is 4.57 Å². The van der Waals surface area contributed by atoms with Crippen molar-refractivity contribution in [1.82, 2.24) is 24.5 Å². The van der Waals surface area contributed by atoms with E-state index in [4.69, 9.17) is 16.3 Å². The number of aromatic nitrogens is 4. The molecule has 0 aliphatic carbocycles. The fourth-order valence-corrected chi connectivity index (χ4v) is 5.35. The van der Waals surface area contributed by atoms with Crippen molar-refractivity contribution in [3.05, 3.63) is 56.7 Å². The summed E-state index contributed by atoms with van der Waals surface area (Å²) in [7, 11) is 1.87. The summed E-state index contributed by atoms with van der Waals surface area (Å²) >= 11 is 6.07. The maximum atomic E-state index is 13.8. The molecule has 2 aliphatic heterocycles. The standard InChI is InChI=1S/C26H29ClF3N7O3/c1-3-20-22(35-9-6-17(13-35)31-2)24(39)37-25(33-23(34-37)15-7-10-40-11-8-15)36(20)14-21(38)32-19-5-4-16(12-18(19)27)26(28,29)30/h4-5,7,12,17,31H,3,6,8-11,13-14H2,1-2H3,(H,32,38). The van der Waals surface area contributed by atoms with E-state index in [1.165, 1.54) is 4.52 Å². The topological polar surface area (TPSA) is 106 Å². The largest absolute Gasteiger partial charge is 0.416 e. The SMILES string of the molecule is CCc1c(N2CCC(NC)C2)c(=O)n2nc(C3=CCOCC3)nc2n1CC(=O)Nc1ccc(C(F)(F)F)cc1Cl. The van der Waals surface area contributed by atoms with Crippen LogP contribution in [0.5, 0.6) is 0 Å². The van der Waals surface area contributed by atoms with Crippen LogP contribution >= 0.6 is 11.6 Å². The van der Waals surface area contributed by atoms with E-state index in [9.17, 15) is 22.8 Å². The molecule has 2 aliphatic rings. The Morgan fingerprint density at radius 2 is 2.10 bits per heavy atom. The highest BCUT2D eigenvalue weighted by molar-refractivity contribution is 6.33. The van der Waals surface area contributed by atoms with E-state index >= 15 is 0 Å². The molecule has 1 saturated heterocycles. The molecule has 0 saturated carbocycles. The molecule has 14 heteroatoms. The van der Waals surface area contributed by atoms with Gasteiger partial charge in [-0.1, -0.05) is 24.6 Å². The molecule has 2 aromatic heterocycles. The van der Waals surface area contributed by atoms with Crippen molar-refractivity contribution in [2.24, 2.45) is 0 Å². The monoisotopic (exact) mass is 579 g/mol. The van der Waals surface area contributed by atoms with Crippen molar-refractivity contribution in [1.29, 1.82) is 0 Å². The highest BCUT2D eigenvalue weighted by Crippen LogP contribution is 2.34. The van der Waals surface area contributed by atoms with Gasteiger partial charge in [0, 0.05) is 19.1 Å². The molecule has 4 heterocycles. The third kappa shape index (κ3) is 5.45. The van der Waals surface area contributed by atoms with Gasteiger partial charge in [0.15, 0.2) is 5.82 Å². The number of hydrogen-bond donors (Lipinski definition) is 2. The van der Waals surface area contributed by atoms with Crippen molar-refractivity contribution in [2.45, 2.75) is 44.9 Å². The van der Waals surface area contributed by atoms with Gasteiger partial charge in [0.1, 0.15) is 12.2 Å². The molecular formula is C26H29ClF3N7O3. The Morgan fingerprint density at radius 1 is 1.30 bits per heavy atom. The average molecular weight is 580 g/mol. The van der Waals surface area contributed by atoms with Crippen molar-refractivity contribution in [2.75, 3.05) is 43.6 Å². The van der Waals surface area contributed by atoms with Crippen LogP contribution in [-0.2, 0) is 28.7 Å². The molecule has 1 fully saturated rings. The van der Waals surface area contributed by atoms with Crippen LogP contribution in [0, 0.1) is 0 Å². The third-order valence-corrected chi connectivity index (χ3v) is 7.51. The van der Waals surface area contributed by atoms with E-state index < -0.39 is 17.6 Å². The van der Waals surface area contributed by atoms with Crippen LogP contribution in [-0.4, -0.2) is 64.5 Å². The number of ether oxygens (including phenoxy) is 1. The molecule has 40 heavy (non-hydrogen) atoms. The van der Waals surface area contributed by atoms with Crippen molar-refractivity contribution >= 4 is 40.2 Å². The molecule has 214 valence electrons. The van der Waals surface area contributed by atoms with Crippen LogP contribution in [0.25, 0.3) is 11.4 Å². The van der Waals surface area contributed by atoms with Gasteiger partial charge in [-0.05, 0) is 50.1 Å². The number of benzene rings is 1. The minimum atomic E-state index is -4.56. The van der Waals surface area contributed by atoms with Gasteiger partial charge in [-0.3, -0.25) is 9.59 Å². The van der Waals surface area contributed by atoms with Gasteiger partial charge < -0.3 is 24.8 Å². The Bertz CT molecular complexity index is 1530. The van der Waals surface area contributed by atoms with Crippen LogP contribution in [0.4, 0.5) is 24.5 Å². The lowest BCUT2D eigenvalue weighted by Crippen LogP contribution is -2.36. The van der Waals surface area contributed by atoms with Crippen LogP contribution in [0.1, 0.15) is 36.8 Å². The Labute approximate surface area is 232 Å². The van der Waals surface area contributed by atoms with Gasteiger partial charge in [-0.15, -0.1) is 5.10 Å². The highest BCUT2D eigenvalue weighted by Gasteiger charge is 2.32. The van der Waals surface area contributed by atoms with Crippen molar-refractivity contribution in [3.63, 3.8) is 0 Å². The number of nitrogens with one attached hydrogen (secondary N) is 2. The zero-order valence-corrected chi connectivity index (χ0v) is 22.8. The summed E-state index contributed by atoms with van der Waals surface area (Å²) in [5.41, 5.74) is 0.712. The molecule has 3 aromatic rings. The first-order chi connectivity index (χ1) is 19.1. The molecule has 2 N–H and O–H groups in total. The highest BCUT2D eigenvalue weighted by atomic mass is 35.5. The van der Waals surface area contributed by atoms with Gasteiger partial charge in [0.05, 0.1) is 35.2 Å². The lowest BCUT2D eigenvalue weighted by Gasteiger charge is -2.24. The smallest absolute Gasteiger partial charge is 0.377 e. The summed E-state index contributed by atoms with van der Waals surface area (Å²) in [6, 6.07) is 2.94. The molecule has 5 rings (SSSR count). The van der Waals surface area contributed by atoms with E-state index in [2.05, 4.69) is 20.7 Å². The Kier molecular flexibility index (Phi) is 7.89. The molecular weight excluding hydrogens is 551 g/mol. The summed E-state index contributed by atoms with van der Waals surface area (Å²) in [6.45, 7) is 3.81. The van der Waals surface area contributed by atoms with Gasteiger partial charge in [-0.2, -0.15) is 22.7 Å². The lowest BCUT2D eigenvalue weighted by atomic mass is 10.1. The van der Waals surface area contributed by atoms with Crippen molar-refractivity contribution in [3.8, 4) is 0 Å². The van der Waals surface area contributed by atoms with Crippen LogP contribution in [0.3, 0.4) is 0 Å². The van der Waals surface area contributed by atoms with Gasteiger partial charge in [0.2, 0.25) is 11.7 Å². The summed E-state index contributed by atoms with van der Waals surface area (Å²) in [5, 5.41) is 10.1. The van der Waals surface area contributed by atoms with Crippen LogP contribution < -0.4 is 21.1 Å². The number of carbonyl (C=O) groups is 1. The second-order valence-electron chi connectivity index (χ2n) is 9.70. The maximum Gasteiger partial charge on any atom is 0.416 e. The molecule has 1 amide bonds. The van der Waals surface area contributed by atoms with Crippen LogP contribution in [0.2, 0.25) is 5.02 Å². The Morgan fingerprint density at radius 3 is 2.73 bits per heavy atom. The number of anilines is 2. The quantitative estimate of drug-likeness (QED) is 0.442. The van der Waals surface area contributed by atoms with E-state index in [0.29, 0.717) is 56.4 Å². The maximum absolute atomic E-state index is 13.8. The normalized spacial score (nSPS) is 17.9. The fourth-order valence-electron chi connectivity index (χ4n) is 5.12. The fraction of sp³-hybridized carbons (Fsp3) is 0.462. The number of carbonyl (C=O) groups excluding carboxylic acids is 1. The van der Waals surface area contributed by atoms with Crippen molar-refractivity contribution < 1.29 is 22.7 Å². The number of amides is 1.